The molecule has 0 atom stereocenters. The van der Waals surface area contributed by atoms with Gasteiger partial charge in [0.25, 0.3) is 0 Å². The summed E-state index contributed by atoms with van der Waals surface area (Å²) in [5.74, 6) is -0.438. The first-order valence-electron chi connectivity index (χ1n) is 9.45. The van der Waals surface area contributed by atoms with Gasteiger partial charge in [-0.1, -0.05) is 72.4 Å². The maximum Gasteiger partial charge on any atom is 0.340 e. The fraction of sp³-hybridized carbons (Fsp3) is 0.167. The number of ether oxygens (including phenoxy) is 1. The Morgan fingerprint density at radius 1 is 1.07 bits per heavy atom. The Morgan fingerprint density at radius 2 is 1.70 bits per heavy atom. The monoisotopic (exact) mass is 416 g/mol. The third kappa shape index (κ3) is 4.58. The van der Waals surface area contributed by atoms with E-state index in [1.165, 1.54) is 11.8 Å². The second-order valence-electron chi connectivity index (χ2n) is 6.42. The van der Waals surface area contributed by atoms with E-state index in [0.717, 1.165) is 5.56 Å². The van der Waals surface area contributed by atoms with Crippen molar-refractivity contribution >= 4 is 23.5 Å². The fourth-order valence-electron chi connectivity index (χ4n) is 3.01. The lowest BCUT2D eigenvalue weighted by atomic mass is 9.98. The highest BCUT2D eigenvalue weighted by molar-refractivity contribution is 8.00. The Labute approximate surface area is 179 Å². The zero-order chi connectivity index (χ0) is 21.5. The fourth-order valence-corrected chi connectivity index (χ4v) is 3.95. The molecule has 0 radical (unpaired) electrons. The number of hydrogen-bond donors (Lipinski definition) is 0. The third-order valence-corrected chi connectivity index (χ3v) is 5.46. The number of nitrogens with zero attached hydrogens (tertiary/aromatic N) is 2. The molecule has 0 amide bonds. The molecule has 30 heavy (non-hydrogen) atoms. The summed E-state index contributed by atoms with van der Waals surface area (Å²) in [6, 6.07) is 20.4. The number of rotatable bonds is 7. The summed E-state index contributed by atoms with van der Waals surface area (Å²) in [6.07, 6.45) is 0. The van der Waals surface area contributed by atoms with E-state index in [0.29, 0.717) is 21.8 Å². The molecular formula is C24H20N2O3S. The maximum atomic E-state index is 12.7. The number of pyridine rings is 1. The van der Waals surface area contributed by atoms with E-state index in [1.54, 1.807) is 26.0 Å². The average Bonchev–Trinajstić information content (AvgIpc) is 2.78. The van der Waals surface area contributed by atoms with E-state index in [1.807, 2.05) is 48.5 Å². The van der Waals surface area contributed by atoms with Gasteiger partial charge in [-0.25, -0.2) is 9.78 Å². The van der Waals surface area contributed by atoms with Gasteiger partial charge in [0.2, 0.25) is 0 Å². The molecule has 0 saturated heterocycles. The molecule has 1 heterocycles. The lowest BCUT2D eigenvalue weighted by molar-refractivity contribution is 0.0525. The molecular weight excluding hydrogens is 396 g/mol. The maximum absolute atomic E-state index is 12.7. The molecule has 0 saturated carbocycles. The van der Waals surface area contributed by atoms with Gasteiger partial charge in [0, 0.05) is 11.1 Å². The highest BCUT2D eigenvalue weighted by Crippen LogP contribution is 2.33. The van der Waals surface area contributed by atoms with Gasteiger partial charge >= 0.3 is 5.97 Å². The molecule has 0 bridgehead atoms. The Bertz CT molecular complexity index is 1110. The quantitative estimate of drug-likeness (QED) is 0.304. The van der Waals surface area contributed by atoms with E-state index < -0.39 is 5.97 Å². The first-order chi connectivity index (χ1) is 14.6. The molecule has 3 rings (SSSR count). The van der Waals surface area contributed by atoms with Gasteiger partial charge in [-0.3, -0.25) is 4.79 Å². The van der Waals surface area contributed by atoms with Crippen LogP contribution in [0.1, 0.15) is 38.8 Å². The Balaban J connectivity index is 2.05. The van der Waals surface area contributed by atoms with Crippen molar-refractivity contribution in [2.75, 3.05) is 12.4 Å². The van der Waals surface area contributed by atoms with Crippen LogP contribution in [0.25, 0.3) is 11.3 Å². The minimum absolute atomic E-state index is 0.0559. The van der Waals surface area contributed by atoms with Crippen molar-refractivity contribution in [2.45, 2.75) is 18.9 Å². The summed E-state index contributed by atoms with van der Waals surface area (Å²) in [6.45, 7) is 3.66. The number of ketones is 1. The molecule has 150 valence electrons. The number of aromatic nitrogens is 1. The summed E-state index contributed by atoms with van der Waals surface area (Å²) < 4.78 is 5.22. The van der Waals surface area contributed by atoms with Crippen molar-refractivity contribution in [3.05, 3.63) is 82.9 Å². The van der Waals surface area contributed by atoms with Crippen LogP contribution in [0.5, 0.6) is 0 Å². The summed E-state index contributed by atoms with van der Waals surface area (Å²) in [5.41, 5.74) is 2.85. The van der Waals surface area contributed by atoms with Crippen LogP contribution < -0.4 is 0 Å². The number of carbonyl (C=O) groups is 2. The highest BCUT2D eigenvalue weighted by Gasteiger charge is 2.24. The van der Waals surface area contributed by atoms with Crippen LogP contribution in [0, 0.1) is 18.3 Å². The minimum Gasteiger partial charge on any atom is -0.462 e. The first kappa shape index (κ1) is 21.3. The number of esters is 1. The number of Topliss-reactive ketones (excluding diaryl/α,β-unsaturated/α-hetero) is 1. The molecule has 0 unspecified atom stereocenters. The predicted molar refractivity (Wildman–Crippen MR) is 117 cm³/mol. The number of hydrogen-bond acceptors (Lipinski definition) is 6. The normalized spacial score (nSPS) is 10.3. The van der Waals surface area contributed by atoms with Crippen molar-refractivity contribution in [3.8, 4) is 17.3 Å². The molecule has 0 fully saturated rings. The smallest absolute Gasteiger partial charge is 0.340 e. The Kier molecular flexibility index (Phi) is 6.99. The van der Waals surface area contributed by atoms with E-state index in [9.17, 15) is 14.9 Å². The van der Waals surface area contributed by atoms with Crippen LogP contribution in [0.3, 0.4) is 0 Å². The van der Waals surface area contributed by atoms with Crippen molar-refractivity contribution in [1.82, 2.24) is 4.98 Å². The summed E-state index contributed by atoms with van der Waals surface area (Å²) >= 11 is 1.20. The molecule has 3 aromatic rings. The Morgan fingerprint density at radius 3 is 2.30 bits per heavy atom. The molecule has 5 nitrogen and oxygen atoms in total. The Hall–Kier alpha value is -3.43. The first-order valence-corrected chi connectivity index (χ1v) is 10.4. The summed E-state index contributed by atoms with van der Waals surface area (Å²) in [4.78, 5) is 29.8. The van der Waals surface area contributed by atoms with Crippen molar-refractivity contribution < 1.29 is 14.3 Å². The standard InChI is InChI=1S/C24H20N2O3S/c1-3-29-24(28)21-16(2)19(14-25)23(26-22(21)18-12-8-5-9-13-18)30-15-20(27)17-10-6-4-7-11-17/h4-13H,3,15H2,1-2H3. The number of carbonyl (C=O) groups excluding carboxylic acids is 2. The average molecular weight is 417 g/mol. The predicted octanol–water partition coefficient (Wildman–Crippen LogP) is 5.08. The van der Waals surface area contributed by atoms with Crippen LogP contribution in [0.15, 0.2) is 65.7 Å². The molecule has 0 aliphatic heterocycles. The molecule has 0 aliphatic carbocycles. The van der Waals surface area contributed by atoms with E-state index in [-0.39, 0.29) is 29.3 Å². The molecule has 0 N–H and O–H groups in total. The van der Waals surface area contributed by atoms with Gasteiger partial charge in [-0.15, -0.1) is 0 Å². The van der Waals surface area contributed by atoms with Gasteiger partial charge in [-0.2, -0.15) is 5.26 Å². The van der Waals surface area contributed by atoms with Crippen LogP contribution in [0.4, 0.5) is 0 Å². The molecule has 0 aliphatic rings. The van der Waals surface area contributed by atoms with Gasteiger partial charge in [0.05, 0.1) is 29.2 Å². The lowest BCUT2D eigenvalue weighted by Crippen LogP contribution is -2.13. The van der Waals surface area contributed by atoms with Gasteiger partial charge in [0.1, 0.15) is 11.1 Å². The summed E-state index contributed by atoms with van der Waals surface area (Å²) in [5, 5.41) is 10.2. The number of nitriles is 1. The zero-order valence-corrected chi connectivity index (χ0v) is 17.5. The van der Waals surface area contributed by atoms with Crippen molar-refractivity contribution in [1.29, 1.82) is 5.26 Å². The number of thioether (sulfide) groups is 1. The molecule has 2 aromatic carbocycles. The largest absolute Gasteiger partial charge is 0.462 e. The zero-order valence-electron chi connectivity index (χ0n) is 16.7. The second kappa shape index (κ2) is 9.86. The molecule has 6 heteroatoms. The molecule has 1 aromatic heterocycles. The van der Waals surface area contributed by atoms with E-state index in [2.05, 4.69) is 11.1 Å². The van der Waals surface area contributed by atoms with Crippen LogP contribution in [-0.4, -0.2) is 29.1 Å². The van der Waals surface area contributed by atoms with Crippen LogP contribution in [-0.2, 0) is 4.74 Å². The number of benzene rings is 2. The van der Waals surface area contributed by atoms with Gasteiger partial charge in [-0.05, 0) is 19.4 Å². The molecule has 0 spiro atoms. The minimum atomic E-state index is -0.519. The lowest BCUT2D eigenvalue weighted by Gasteiger charge is -2.15. The van der Waals surface area contributed by atoms with Crippen LogP contribution >= 0.6 is 11.8 Å². The SMILES string of the molecule is CCOC(=O)c1c(-c2ccccc2)nc(SCC(=O)c2ccccc2)c(C#N)c1C. The van der Waals surface area contributed by atoms with Crippen LogP contribution in [0.2, 0.25) is 0 Å². The van der Waals surface area contributed by atoms with Crippen molar-refractivity contribution in [2.24, 2.45) is 0 Å². The summed E-state index contributed by atoms with van der Waals surface area (Å²) in [7, 11) is 0. The van der Waals surface area contributed by atoms with Gasteiger partial charge in [0.15, 0.2) is 5.78 Å². The third-order valence-electron chi connectivity index (χ3n) is 4.49. The van der Waals surface area contributed by atoms with Gasteiger partial charge < -0.3 is 4.74 Å². The van der Waals surface area contributed by atoms with E-state index in [4.69, 9.17) is 4.74 Å². The van der Waals surface area contributed by atoms with Crippen molar-refractivity contribution in [3.63, 3.8) is 0 Å². The second-order valence-corrected chi connectivity index (χ2v) is 7.38. The topological polar surface area (TPSA) is 80.0 Å². The highest BCUT2D eigenvalue weighted by atomic mass is 32.2. The van der Waals surface area contributed by atoms with E-state index >= 15 is 0 Å².